The van der Waals surface area contributed by atoms with Gasteiger partial charge in [-0.25, -0.2) is 0 Å². The third-order valence-corrected chi connectivity index (χ3v) is 2.16. The normalized spacial score (nSPS) is 11.1. The number of hydrogen-bond acceptors (Lipinski definition) is 5. The van der Waals surface area contributed by atoms with E-state index in [9.17, 15) is 14.7 Å². The monoisotopic (exact) mass is 220 g/mol. The van der Waals surface area contributed by atoms with E-state index in [0.717, 1.165) is 11.8 Å². The highest BCUT2D eigenvalue weighted by atomic mass is 32.2. The Kier molecular flexibility index (Phi) is 5.79. The molecule has 0 saturated carbocycles. The maximum absolute atomic E-state index is 11.0. The molecular formula is C9H16O4S. The van der Waals surface area contributed by atoms with Crippen LogP contribution >= 0.6 is 11.8 Å². The van der Waals surface area contributed by atoms with Crippen molar-refractivity contribution in [2.75, 3.05) is 12.4 Å². The van der Waals surface area contributed by atoms with Crippen molar-refractivity contribution in [2.45, 2.75) is 32.8 Å². The first kappa shape index (κ1) is 13.4. The van der Waals surface area contributed by atoms with Crippen LogP contribution in [-0.2, 0) is 14.3 Å². The summed E-state index contributed by atoms with van der Waals surface area (Å²) in [6, 6.07) is 0. The molecule has 0 unspecified atom stereocenters. The molecule has 0 aliphatic carbocycles. The lowest BCUT2D eigenvalue weighted by Crippen LogP contribution is -2.22. The average molecular weight is 220 g/mol. The van der Waals surface area contributed by atoms with Gasteiger partial charge in [0.2, 0.25) is 0 Å². The molecule has 0 fully saturated rings. The quantitative estimate of drug-likeness (QED) is 0.699. The van der Waals surface area contributed by atoms with Crippen molar-refractivity contribution in [3.05, 3.63) is 0 Å². The van der Waals surface area contributed by atoms with Crippen LogP contribution in [0.1, 0.15) is 27.2 Å². The van der Waals surface area contributed by atoms with Gasteiger partial charge in [0.1, 0.15) is 0 Å². The number of aliphatic hydroxyl groups is 1. The second-order valence-electron chi connectivity index (χ2n) is 3.56. The summed E-state index contributed by atoms with van der Waals surface area (Å²) in [5, 5.41) is 9.19. The Morgan fingerprint density at radius 3 is 2.43 bits per heavy atom. The number of carbonyl (C=O) groups excluding carboxylic acids is 2. The number of thioether (sulfide) groups is 1. The lowest BCUT2D eigenvalue weighted by molar-refractivity contribution is -0.141. The van der Waals surface area contributed by atoms with Crippen molar-refractivity contribution in [1.29, 1.82) is 0 Å². The van der Waals surface area contributed by atoms with Crippen molar-refractivity contribution < 1.29 is 19.4 Å². The molecule has 0 radical (unpaired) electrons. The molecule has 0 aliphatic rings. The molecule has 4 nitrogen and oxygen atoms in total. The highest BCUT2D eigenvalue weighted by Crippen LogP contribution is 2.07. The van der Waals surface area contributed by atoms with E-state index in [1.54, 1.807) is 13.8 Å². The minimum atomic E-state index is -0.825. The van der Waals surface area contributed by atoms with Crippen molar-refractivity contribution in [1.82, 2.24) is 0 Å². The van der Waals surface area contributed by atoms with Crippen LogP contribution in [0, 0.1) is 0 Å². The zero-order chi connectivity index (χ0) is 11.2. The van der Waals surface area contributed by atoms with E-state index in [2.05, 4.69) is 0 Å². The fourth-order valence-corrected chi connectivity index (χ4v) is 1.02. The molecule has 82 valence electrons. The van der Waals surface area contributed by atoms with Crippen LogP contribution in [0.3, 0.4) is 0 Å². The van der Waals surface area contributed by atoms with Gasteiger partial charge in [0.15, 0.2) is 5.12 Å². The number of ether oxygens (including phenoxy) is 1. The van der Waals surface area contributed by atoms with Crippen LogP contribution in [0.25, 0.3) is 0 Å². The second-order valence-corrected chi connectivity index (χ2v) is 4.72. The predicted molar refractivity (Wildman–Crippen MR) is 55.0 cm³/mol. The number of carbonyl (C=O) groups is 2. The van der Waals surface area contributed by atoms with Gasteiger partial charge >= 0.3 is 5.97 Å². The van der Waals surface area contributed by atoms with Crippen LogP contribution in [0.2, 0.25) is 0 Å². The van der Waals surface area contributed by atoms with Crippen LogP contribution in [0.4, 0.5) is 0 Å². The van der Waals surface area contributed by atoms with Crippen molar-refractivity contribution in [3.63, 3.8) is 0 Å². The first-order chi connectivity index (χ1) is 6.31. The molecule has 0 atom stereocenters. The van der Waals surface area contributed by atoms with E-state index in [0.29, 0.717) is 6.42 Å². The first-order valence-corrected chi connectivity index (χ1v) is 5.31. The molecule has 0 aromatic carbocycles. The summed E-state index contributed by atoms with van der Waals surface area (Å²) in [5.74, 6) is -0.379. The second kappa shape index (κ2) is 6.03. The van der Waals surface area contributed by atoms with Crippen molar-refractivity contribution >= 4 is 22.8 Å². The van der Waals surface area contributed by atoms with Gasteiger partial charge in [0.25, 0.3) is 0 Å². The lowest BCUT2D eigenvalue weighted by atomic mass is 10.1. The Hall–Kier alpha value is -0.550. The van der Waals surface area contributed by atoms with Crippen LogP contribution in [-0.4, -0.2) is 34.2 Å². The Morgan fingerprint density at radius 2 is 2.00 bits per heavy atom. The molecule has 0 aromatic rings. The topological polar surface area (TPSA) is 63.6 Å². The zero-order valence-corrected chi connectivity index (χ0v) is 9.52. The lowest BCUT2D eigenvalue weighted by Gasteiger charge is -2.16. The van der Waals surface area contributed by atoms with E-state index in [4.69, 9.17) is 4.74 Å². The smallest absolute Gasteiger partial charge is 0.316 e. The van der Waals surface area contributed by atoms with Gasteiger partial charge in [0, 0.05) is 13.3 Å². The van der Waals surface area contributed by atoms with Gasteiger partial charge in [-0.3, -0.25) is 9.59 Å². The Bertz CT molecular complexity index is 207. The van der Waals surface area contributed by atoms with Gasteiger partial charge in [-0.15, -0.1) is 0 Å². The first-order valence-electron chi connectivity index (χ1n) is 4.32. The molecule has 1 N–H and O–H groups in total. The fraction of sp³-hybridized carbons (Fsp3) is 0.778. The Balaban J connectivity index is 3.50. The summed E-state index contributed by atoms with van der Waals surface area (Å²) in [5.41, 5.74) is -0.825. The van der Waals surface area contributed by atoms with Gasteiger partial charge < -0.3 is 9.84 Å². The van der Waals surface area contributed by atoms with E-state index >= 15 is 0 Å². The largest absolute Gasteiger partial charge is 0.465 e. The van der Waals surface area contributed by atoms with Crippen molar-refractivity contribution in [2.24, 2.45) is 0 Å². The van der Waals surface area contributed by atoms with Crippen LogP contribution in [0.5, 0.6) is 0 Å². The molecule has 0 spiro atoms. The third kappa shape index (κ3) is 9.54. The summed E-state index contributed by atoms with van der Waals surface area (Å²) in [7, 11) is 0. The summed E-state index contributed by atoms with van der Waals surface area (Å²) >= 11 is 0.921. The summed E-state index contributed by atoms with van der Waals surface area (Å²) in [6.07, 6.45) is 0.392. The Labute approximate surface area is 88.0 Å². The van der Waals surface area contributed by atoms with E-state index in [1.165, 1.54) is 6.92 Å². The third-order valence-electron chi connectivity index (χ3n) is 1.37. The highest BCUT2D eigenvalue weighted by molar-refractivity contribution is 8.14. The van der Waals surface area contributed by atoms with E-state index in [1.807, 2.05) is 0 Å². The van der Waals surface area contributed by atoms with E-state index < -0.39 is 11.6 Å². The number of hydrogen-bond donors (Lipinski definition) is 1. The summed E-state index contributed by atoms with van der Waals surface area (Å²) in [6.45, 7) is 4.87. The number of rotatable bonds is 5. The SMILES string of the molecule is CC(=O)SCC(=O)OCCC(C)(C)O. The van der Waals surface area contributed by atoms with Crippen LogP contribution < -0.4 is 0 Å². The molecule has 0 bridgehead atoms. The highest BCUT2D eigenvalue weighted by Gasteiger charge is 2.13. The molecule has 0 aromatic heterocycles. The van der Waals surface area contributed by atoms with Crippen LogP contribution in [0.15, 0.2) is 0 Å². The maximum Gasteiger partial charge on any atom is 0.316 e. The molecule has 0 amide bonds. The molecule has 14 heavy (non-hydrogen) atoms. The van der Waals surface area contributed by atoms with E-state index in [-0.39, 0.29) is 17.5 Å². The van der Waals surface area contributed by atoms with Gasteiger partial charge in [-0.2, -0.15) is 0 Å². The summed E-state index contributed by atoms with van der Waals surface area (Å²) < 4.78 is 4.80. The molecule has 0 saturated heterocycles. The average Bonchev–Trinajstić information content (AvgIpc) is 1.98. The summed E-state index contributed by atoms with van der Waals surface area (Å²) in [4.78, 5) is 21.5. The molecule has 0 heterocycles. The maximum atomic E-state index is 11.0. The predicted octanol–water partition coefficient (Wildman–Crippen LogP) is 0.970. The van der Waals surface area contributed by atoms with Gasteiger partial charge in [-0.05, 0) is 13.8 Å². The standard InChI is InChI=1S/C9H16O4S/c1-7(10)14-6-8(11)13-5-4-9(2,3)12/h12H,4-6H2,1-3H3. The number of esters is 1. The minimum Gasteiger partial charge on any atom is -0.465 e. The molecule has 0 rings (SSSR count). The molecule has 5 heteroatoms. The van der Waals surface area contributed by atoms with Gasteiger partial charge in [0.05, 0.1) is 18.0 Å². The molecular weight excluding hydrogens is 204 g/mol. The van der Waals surface area contributed by atoms with Crippen molar-refractivity contribution in [3.8, 4) is 0 Å². The van der Waals surface area contributed by atoms with Gasteiger partial charge in [-0.1, -0.05) is 11.8 Å². The minimum absolute atomic E-state index is 0.0428. The molecule has 0 aliphatic heterocycles. The fourth-order valence-electron chi connectivity index (χ4n) is 0.617. The zero-order valence-electron chi connectivity index (χ0n) is 8.70. The Morgan fingerprint density at radius 1 is 1.43 bits per heavy atom.